The summed E-state index contributed by atoms with van der Waals surface area (Å²) in [5.41, 5.74) is 6.11. The number of halogens is 1. The summed E-state index contributed by atoms with van der Waals surface area (Å²) in [7, 11) is -3.63. The fourth-order valence-corrected chi connectivity index (χ4v) is 4.81. The highest BCUT2D eigenvalue weighted by Gasteiger charge is 2.22. The van der Waals surface area contributed by atoms with Gasteiger partial charge in [-0.15, -0.1) is 11.3 Å². The molecule has 1 aromatic heterocycles. The van der Waals surface area contributed by atoms with Gasteiger partial charge in [0.25, 0.3) is 0 Å². The normalized spacial score (nSPS) is 13.3. The van der Waals surface area contributed by atoms with Crippen molar-refractivity contribution in [2.45, 2.75) is 24.8 Å². The minimum absolute atomic E-state index is 0.159. The summed E-state index contributed by atoms with van der Waals surface area (Å²) < 4.78 is 27.7. The van der Waals surface area contributed by atoms with Crippen molar-refractivity contribution in [3.8, 4) is 0 Å². The number of benzene rings is 1. The van der Waals surface area contributed by atoms with E-state index in [0.29, 0.717) is 10.2 Å². The van der Waals surface area contributed by atoms with Crippen LogP contribution in [0.5, 0.6) is 0 Å². The quantitative estimate of drug-likeness (QED) is 0.804. The van der Waals surface area contributed by atoms with Crippen LogP contribution in [0.4, 0.5) is 5.69 Å². The number of hydrogen-bond acceptors (Lipinski definition) is 5. The Kier molecular flexibility index (Phi) is 4.48. The van der Waals surface area contributed by atoms with Gasteiger partial charge in [0.2, 0.25) is 10.0 Å². The molecule has 1 heterocycles. The Morgan fingerprint density at radius 1 is 1.45 bits per heavy atom. The van der Waals surface area contributed by atoms with Gasteiger partial charge >= 0.3 is 0 Å². The maximum Gasteiger partial charge on any atom is 0.242 e. The summed E-state index contributed by atoms with van der Waals surface area (Å²) >= 11 is 4.69. The van der Waals surface area contributed by atoms with Gasteiger partial charge in [-0.1, -0.05) is 0 Å². The van der Waals surface area contributed by atoms with Crippen LogP contribution in [-0.2, 0) is 10.0 Å². The number of rotatable bonds is 4. The summed E-state index contributed by atoms with van der Waals surface area (Å²) in [5.74, 6) is 0. The largest absolute Gasteiger partial charge is 0.399 e. The number of aromatic nitrogens is 1. The average Bonchev–Trinajstić information content (AvgIpc) is 2.74. The van der Waals surface area contributed by atoms with Crippen LogP contribution in [-0.4, -0.2) is 13.4 Å². The van der Waals surface area contributed by atoms with Gasteiger partial charge in [-0.2, -0.15) is 0 Å². The lowest BCUT2D eigenvalue weighted by Gasteiger charge is -2.13. The van der Waals surface area contributed by atoms with Crippen LogP contribution >= 0.6 is 27.3 Å². The maximum absolute atomic E-state index is 12.3. The molecule has 0 spiro atoms. The van der Waals surface area contributed by atoms with Gasteiger partial charge in [0, 0.05) is 21.2 Å². The van der Waals surface area contributed by atoms with Crippen molar-refractivity contribution < 1.29 is 8.42 Å². The molecule has 1 atom stereocenters. The molecule has 0 saturated carbocycles. The molecule has 0 radical (unpaired) electrons. The fourth-order valence-electron chi connectivity index (χ4n) is 1.65. The smallest absolute Gasteiger partial charge is 0.242 e. The zero-order valence-electron chi connectivity index (χ0n) is 10.9. The second-order valence-electron chi connectivity index (χ2n) is 4.34. The van der Waals surface area contributed by atoms with E-state index >= 15 is 0 Å². The Morgan fingerprint density at radius 2 is 2.15 bits per heavy atom. The highest BCUT2D eigenvalue weighted by molar-refractivity contribution is 9.10. The van der Waals surface area contributed by atoms with Crippen LogP contribution in [0.2, 0.25) is 0 Å². The van der Waals surface area contributed by atoms with Crippen LogP contribution < -0.4 is 10.5 Å². The van der Waals surface area contributed by atoms with Gasteiger partial charge in [-0.3, -0.25) is 0 Å². The van der Waals surface area contributed by atoms with Crippen molar-refractivity contribution in [2.24, 2.45) is 0 Å². The topological polar surface area (TPSA) is 85.1 Å². The molecule has 0 aliphatic carbocycles. The van der Waals surface area contributed by atoms with Crippen LogP contribution in [0.3, 0.4) is 0 Å². The molecule has 0 saturated heterocycles. The Labute approximate surface area is 130 Å². The number of nitrogen functional groups attached to an aromatic ring is 1. The van der Waals surface area contributed by atoms with E-state index in [4.69, 9.17) is 5.73 Å². The minimum atomic E-state index is -3.63. The maximum atomic E-state index is 12.3. The van der Waals surface area contributed by atoms with Crippen LogP contribution in [0.15, 0.2) is 33.8 Å². The predicted molar refractivity (Wildman–Crippen MR) is 84.1 cm³/mol. The lowest BCUT2D eigenvalue weighted by atomic mass is 10.3. The van der Waals surface area contributed by atoms with Gasteiger partial charge in [-0.05, 0) is 48.0 Å². The average molecular weight is 376 g/mol. The van der Waals surface area contributed by atoms with E-state index in [1.807, 2.05) is 6.92 Å². The third-order valence-electron chi connectivity index (χ3n) is 2.59. The fraction of sp³-hybridized carbons (Fsp3) is 0.250. The molecule has 2 aromatic rings. The number of nitrogens with one attached hydrogen (secondary N) is 1. The summed E-state index contributed by atoms with van der Waals surface area (Å²) in [4.78, 5) is 5.39. The summed E-state index contributed by atoms with van der Waals surface area (Å²) in [6.45, 7) is 3.69. The number of anilines is 1. The molecule has 0 fully saturated rings. The van der Waals surface area contributed by atoms with E-state index in [9.17, 15) is 8.42 Å². The third-order valence-corrected chi connectivity index (χ3v) is 6.20. The molecule has 1 aromatic carbocycles. The molecule has 2 rings (SSSR count). The Bertz CT molecular complexity index is 728. The first-order valence-corrected chi connectivity index (χ1v) is 8.88. The standard InChI is InChI=1S/C12H14BrN3O2S2/c1-7-6-15-12(19-7)8(2)16-20(17,18)11-4-3-9(14)5-10(11)13/h3-6,8,16H,14H2,1-2H3. The first-order valence-electron chi connectivity index (χ1n) is 5.79. The summed E-state index contributed by atoms with van der Waals surface area (Å²) in [5, 5.41) is 0.734. The first kappa shape index (κ1) is 15.4. The van der Waals surface area contributed by atoms with E-state index in [1.165, 1.54) is 17.4 Å². The van der Waals surface area contributed by atoms with Gasteiger partial charge in [-0.25, -0.2) is 18.1 Å². The lowest BCUT2D eigenvalue weighted by Crippen LogP contribution is -2.27. The van der Waals surface area contributed by atoms with Crippen molar-refractivity contribution in [1.29, 1.82) is 0 Å². The Morgan fingerprint density at radius 3 is 2.70 bits per heavy atom. The van der Waals surface area contributed by atoms with Crippen molar-refractivity contribution in [1.82, 2.24) is 9.71 Å². The van der Waals surface area contributed by atoms with Gasteiger partial charge in [0.15, 0.2) is 0 Å². The van der Waals surface area contributed by atoms with Crippen LogP contribution in [0.25, 0.3) is 0 Å². The zero-order valence-corrected chi connectivity index (χ0v) is 14.1. The number of aryl methyl sites for hydroxylation is 1. The first-order chi connectivity index (χ1) is 9.29. The van der Waals surface area contributed by atoms with Crippen molar-refractivity contribution in [3.05, 3.63) is 38.8 Å². The molecule has 20 heavy (non-hydrogen) atoms. The van der Waals surface area contributed by atoms with E-state index < -0.39 is 10.0 Å². The van der Waals surface area contributed by atoms with Crippen LogP contribution in [0, 0.1) is 6.92 Å². The molecular formula is C12H14BrN3O2S2. The molecule has 0 aliphatic rings. The monoisotopic (exact) mass is 375 g/mol. The summed E-state index contributed by atoms with van der Waals surface area (Å²) in [6.07, 6.45) is 1.73. The highest BCUT2D eigenvalue weighted by atomic mass is 79.9. The molecule has 5 nitrogen and oxygen atoms in total. The van der Waals surface area contributed by atoms with E-state index in [1.54, 1.807) is 25.3 Å². The highest BCUT2D eigenvalue weighted by Crippen LogP contribution is 2.26. The second kappa shape index (κ2) is 5.80. The second-order valence-corrected chi connectivity index (χ2v) is 8.15. The van der Waals surface area contributed by atoms with Crippen LogP contribution in [0.1, 0.15) is 22.9 Å². The number of thiazole rings is 1. The van der Waals surface area contributed by atoms with E-state index in [0.717, 1.165) is 9.88 Å². The van der Waals surface area contributed by atoms with E-state index in [-0.39, 0.29) is 10.9 Å². The third kappa shape index (κ3) is 3.38. The van der Waals surface area contributed by atoms with Crippen molar-refractivity contribution in [3.63, 3.8) is 0 Å². The predicted octanol–water partition coefficient (Wildman–Crippen LogP) is 2.84. The van der Waals surface area contributed by atoms with Gasteiger partial charge in [0.05, 0.1) is 10.9 Å². The molecule has 3 N–H and O–H groups in total. The number of hydrogen-bond donors (Lipinski definition) is 2. The minimum Gasteiger partial charge on any atom is -0.399 e. The molecule has 8 heteroatoms. The molecule has 0 amide bonds. The molecular weight excluding hydrogens is 362 g/mol. The Hall–Kier alpha value is -0.960. The number of nitrogens with two attached hydrogens (primary N) is 1. The molecule has 108 valence electrons. The lowest BCUT2D eigenvalue weighted by molar-refractivity contribution is 0.566. The van der Waals surface area contributed by atoms with Gasteiger partial charge in [0.1, 0.15) is 5.01 Å². The number of nitrogens with zero attached hydrogens (tertiary/aromatic N) is 1. The Balaban J connectivity index is 2.27. The molecule has 0 bridgehead atoms. The zero-order chi connectivity index (χ0) is 14.9. The van der Waals surface area contributed by atoms with Crippen molar-refractivity contribution in [2.75, 3.05) is 5.73 Å². The van der Waals surface area contributed by atoms with Crippen molar-refractivity contribution >= 4 is 43.0 Å². The number of sulfonamides is 1. The molecule has 0 aliphatic heterocycles. The van der Waals surface area contributed by atoms with E-state index in [2.05, 4.69) is 25.6 Å². The molecule has 1 unspecified atom stereocenters. The SMILES string of the molecule is Cc1cnc(C(C)NS(=O)(=O)c2ccc(N)cc2Br)s1. The summed E-state index contributed by atoms with van der Waals surface area (Å²) in [6, 6.07) is 4.20. The van der Waals surface area contributed by atoms with Gasteiger partial charge < -0.3 is 5.73 Å².